The minimum Gasteiger partial charge on any atom is -0.337 e. The van der Waals surface area contributed by atoms with Crippen LogP contribution in [-0.4, -0.2) is 51.8 Å². The van der Waals surface area contributed by atoms with Crippen LogP contribution in [0.25, 0.3) is 0 Å². The van der Waals surface area contributed by atoms with Gasteiger partial charge in [0.05, 0.1) is 5.56 Å². The van der Waals surface area contributed by atoms with E-state index in [0.717, 1.165) is 43.5 Å². The van der Waals surface area contributed by atoms with Crippen LogP contribution < -0.4 is 4.90 Å². The molecule has 1 aliphatic heterocycles. The molecule has 0 unspecified atom stereocenters. The monoisotopic (exact) mass is 291 g/mol. The molecule has 1 fully saturated rings. The summed E-state index contributed by atoms with van der Waals surface area (Å²) in [6.45, 7) is 4.97. The molecule has 3 heterocycles. The Bertz CT molecular complexity index is 598. The lowest BCUT2D eigenvalue weighted by Gasteiger charge is -2.34. The molecule has 0 radical (unpaired) electrons. The standard InChI is InChI=1S/C13H17N5OS/c1-10-14-15-13(16(10)2)18-6-4-17(5-7-18)12(19)11-3-8-20-9-11/h3,8-9H,4-7H2,1-2H3. The lowest BCUT2D eigenvalue weighted by atomic mass is 10.2. The number of carbonyl (C=O) groups excluding carboxylic acids is 1. The van der Waals surface area contributed by atoms with Gasteiger partial charge in [-0.05, 0) is 18.4 Å². The second-order valence-electron chi connectivity index (χ2n) is 4.90. The summed E-state index contributed by atoms with van der Waals surface area (Å²) < 4.78 is 1.98. The zero-order chi connectivity index (χ0) is 14.1. The highest BCUT2D eigenvalue weighted by Crippen LogP contribution is 2.16. The maximum absolute atomic E-state index is 12.3. The molecule has 3 rings (SSSR count). The normalized spacial score (nSPS) is 15.7. The average molecular weight is 291 g/mol. The molecular formula is C13H17N5OS. The molecule has 6 nitrogen and oxygen atoms in total. The first-order chi connectivity index (χ1) is 9.66. The number of nitrogens with zero attached hydrogens (tertiary/aromatic N) is 5. The molecule has 1 aliphatic rings. The number of hydrogen-bond acceptors (Lipinski definition) is 5. The first-order valence-electron chi connectivity index (χ1n) is 6.59. The summed E-state index contributed by atoms with van der Waals surface area (Å²) in [6.07, 6.45) is 0. The number of hydrogen-bond donors (Lipinski definition) is 0. The van der Waals surface area contributed by atoms with Gasteiger partial charge in [0.2, 0.25) is 5.95 Å². The van der Waals surface area contributed by atoms with Crippen molar-refractivity contribution in [2.75, 3.05) is 31.1 Å². The third-order valence-electron chi connectivity index (χ3n) is 3.69. The van der Waals surface area contributed by atoms with Gasteiger partial charge >= 0.3 is 0 Å². The summed E-state index contributed by atoms with van der Waals surface area (Å²) in [5.41, 5.74) is 0.790. The highest BCUT2D eigenvalue weighted by atomic mass is 32.1. The number of thiophene rings is 1. The second-order valence-corrected chi connectivity index (χ2v) is 5.68. The van der Waals surface area contributed by atoms with Gasteiger partial charge < -0.3 is 14.4 Å². The van der Waals surface area contributed by atoms with Gasteiger partial charge in [0, 0.05) is 38.6 Å². The van der Waals surface area contributed by atoms with Crippen LogP contribution in [0.2, 0.25) is 0 Å². The molecule has 0 aliphatic carbocycles. The van der Waals surface area contributed by atoms with Crippen LogP contribution in [0.4, 0.5) is 5.95 Å². The third-order valence-corrected chi connectivity index (χ3v) is 4.37. The fraction of sp³-hybridized carbons (Fsp3) is 0.462. The number of anilines is 1. The molecule has 20 heavy (non-hydrogen) atoms. The van der Waals surface area contributed by atoms with Crippen molar-refractivity contribution in [3.8, 4) is 0 Å². The Balaban J connectivity index is 1.65. The highest BCUT2D eigenvalue weighted by molar-refractivity contribution is 7.08. The van der Waals surface area contributed by atoms with E-state index in [9.17, 15) is 4.79 Å². The Morgan fingerprint density at radius 3 is 2.55 bits per heavy atom. The molecule has 106 valence electrons. The van der Waals surface area contributed by atoms with E-state index in [1.807, 2.05) is 40.3 Å². The van der Waals surface area contributed by atoms with E-state index in [-0.39, 0.29) is 5.91 Å². The van der Waals surface area contributed by atoms with Crippen LogP contribution in [-0.2, 0) is 7.05 Å². The SMILES string of the molecule is Cc1nnc(N2CCN(C(=O)c3ccsc3)CC2)n1C. The number of aryl methyl sites for hydroxylation is 1. The fourth-order valence-electron chi connectivity index (χ4n) is 2.35. The minimum absolute atomic E-state index is 0.125. The first kappa shape index (κ1) is 13.1. The maximum atomic E-state index is 12.3. The molecule has 0 saturated carbocycles. The predicted molar refractivity (Wildman–Crippen MR) is 78.2 cm³/mol. The summed E-state index contributed by atoms with van der Waals surface area (Å²) in [4.78, 5) is 16.3. The van der Waals surface area contributed by atoms with Crippen LogP contribution in [0.15, 0.2) is 16.8 Å². The lowest BCUT2D eigenvalue weighted by molar-refractivity contribution is 0.0746. The number of rotatable bonds is 2. The van der Waals surface area contributed by atoms with E-state index >= 15 is 0 Å². The van der Waals surface area contributed by atoms with E-state index in [0.29, 0.717) is 0 Å². The van der Waals surface area contributed by atoms with Crippen LogP contribution in [0.3, 0.4) is 0 Å². The van der Waals surface area contributed by atoms with Crippen molar-refractivity contribution in [2.24, 2.45) is 7.05 Å². The molecule has 2 aromatic heterocycles. The molecule has 1 saturated heterocycles. The molecule has 1 amide bonds. The van der Waals surface area contributed by atoms with Crippen LogP contribution in [0, 0.1) is 6.92 Å². The predicted octanol–water partition coefficient (Wildman–Crippen LogP) is 1.15. The van der Waals surface area contributed by atoms with Crippen molar-refractivity contribution in [1.29, 1.82) is 0 Å². The van der Waals surface area contributed by atoms with Gasteiger partial charge in [-0.25, -0.2) is 0 Å². The van der Waals surface area contributed by atoms with Gasteiger partial charge in [-0.2, -0.15) is 11.3 Å². The van der Waals surface area contributed by atoms with E-state index in [1.165, 1.54) is 0 Å². The van der Waals surface area contributed by atoms with Gasteiger partial charge in [-0.1, -0.05) is 0 Å². The van der Waals surface area contributed by atoms with Gasteiger partial charge in [0.25, 0.3) is 5.91 Å². The lowest BCUT2D eigenvalue weighted by Crippen LogP contribution is -2.49. The van der Waals surface area contributed by atoms with Gasteiger partial charge in [-0.3, -0.25) is 4.79 Å². The smallest absolute Gasteiger partial charge is 0.254 e. The van der Waals surface area contributed by atoms with Crippen molar-refractivity contribution in [3.63, 3.8) is 0 Å². The molecule has 0 atom stereocenters. The summed E-state index contributed by atoms with van der Waals surface area (Å²) in [5, 5.41) is 12.1. The topological polar surface area (TPSA) is 54.3 Å². The van der Waals surface area contributed by atoms with Crippen molar-refractivity contribution in [3.05, 3.63) is 28.2 Å². The number of piperazine rings is 1. The van der Waals surface area contributed by atoms with Crippen LogP contribution in [0.1, 0.15) is 16.2 Å². The van der Waals surface area contributed by atoms with Crippen molar-refractivity contribution < 1.29 is 4.79 Å². The second kappa shape index (κ2) is 5.24. The van der Waals surface area contributed by atoms with Crippen LogP contribution >= 0.6 is 11.3 Å². The van der Waals surface area contributed by atoms with E-state index in [4.69, 9.17) is 0 Å². The Hall–Kier alpha value is -1.89. The Morgan fingerprint density at radius 1 is 1.25 bits per heavy atom. The van der Waals surface area contributed by atoms with Gasteiger partial charge in [0.15, 0.2) is 0 Å². The van der Waals surface area contributed by atoms with E-state index in [1.54, 1.807) is 11.3 Å². The number of aromatic nitrogens is 3. The molecule has 7 heteroatoms. The van der Waals surface area contributed by atoms with Crippen molar-refractivity contribution >= 4 is 23.2 Å². The number of carbonyl (C=O) groups is 1. The number of amides is 1. The largest absolute Gasteiger partial charge is 0.337 e. The minimum atomic E-state index is 0.125. The molecule has 2 aromatic rings. The summed E-state index contributed by atoms with van der Waals surface area (Å²) >= 11 is 1.55. The van der Waals surface area contributed by atoms with Gasteiger partial charge in [0.1, 0.15) is 5.82 Å². The quantitative estimate of drug-likeness (QED) is 0.833. The summed E-state index contributed by atoms with van der Waals surface area (Å²) in [6, 6.07) is 1.88. The zero-order valence-corrected chi connectivity index (χ0v) is 12.4. The van der Waals surface area contributed by atoms with Gasteiger partial charge in [-0.15, -0.1) is 10.2 Å². The molecule has 0 aromatic carbocycles. The Labute approximate surface area is 121 Å². The van der Waals surface area contributed by atoms with E-state index < -0.39 is 0 Å². The van der Waals surface area contributed by atoms with Crippen molar-refractivity contribution in [2.45, 2.75) is 6.92 Å². The molecule has 0 bridgehead atoms. The summed E-state index contributed by atoms with van der Waals surface area (Å²) in [7, 11) is 1.97. The maximum Gasteiger partial charge on any atom is 0.254 e. The van der Waals surface area contributed by atoms with E-state index in [2.05, 4.69) is 15.1 Å². The molecule has 0 spiro atoms. The Kier molecular flexibility index (Phi) is 3.43. The average Bonchev–Trinajstić information content (AvgIpc) is 3.10. The van der Waals surface area contributed by atoms with Crippen molar-refractivity contribution in [1.82, 2.24) is 19.7 Å². The first-order valence-corrected chi connectivity index (χ1v) is 7.53. The Morgan fingerprint density at radius 2 is 2.00 bits per heavy atom. The van der Waals surface area contributed by atoms with Crippen LogP contribution in [0.5, 0.6) is 0 Å². The summed E-state index contributed by atoms with van der Waals surface area (Å²) in [5.74, 6) is 1.90. The molecule has 0 N–H and O–H groups in total. The zero-order valence-electron chi connectivity index (χ0n) is 11.6. The molecular weight excluding hydrogens is 274 g/mol. The third kappa shape index (κ3) is 2.29. The highest BCUT2D eigenvalue weighted by Gasteiger charge is 2.24. The fourth-order valence-corrected chi connectivity index (χ4v) is 2.98.